The van der Waals surface area contributed by atoms with E-state index in [1.54, 1.807) is 11.8 Å². The van der Waals surface area contributed by atoms with Crippen LogP contribution < -0.4 is 11.3 Å². The van der Waals surface area contributed by atoms with E-state index < -0.39 is 0 Å². The number of hydrogen-bond donors (Lipinski definition) is 2. The van der Waals surface area contributed by atoms with Gasteiger partial charge in [0.2, 0.25) is 5.91 Å². The van der Waals surface area contributed by atoms with Crippen LogP contribution in [-0.2, 0) is 17.6 Å². The molecule has 17 heavy (non-hydrogen) atoms. The first-order chi connectivity index (χ1) is 8.19. The van der Waals surface area contributed by atoms with Gasteiger partial charge in [0.15, 0.2) is 0 Å². The quantitative estimate of drug-likeness (QED) is 0.372. The van der Waals surface area contributed by atoms with Crippen molar-refractivity contribution in [1.29, 1.82) is 0 Å². The molecule has 1 aromatic rings. The second kappa shape index (κ2) is 5.56. The van der Waals surface area contributed by atoms with Crippen molar-refractivity contribution in [3.05, 3.63) is 29.3 Å². The Morgan fingerprint density at radius 2 is 2.24 bits per heavy atom. The van der Waals surface area contributed by atoms with E-state index in [4.69, 9.17) is 5.84 Å². The largest absolute Gasteiger partial charge is 0.294 e. The van der Waals surface area contributed by atoms with Crippen LogP contribution in [0.3, 0.4) is 0 Å². The molecular weight excluding hydrogens is 232 g/mol. The maximum atomic E-state index is 11.2. The molecule has 0 fully saturated rings. The molecule has 0 aliphatic heterocycles. The normalized spacial score (nSPS) is 15.4. The molecule has 1 aliphatic rings. The molecule has 0 saturated carbocycles. The number of rotatable bonds is 4. The second-order valence-electron chi connectivity index (χ2n) is 4.48. The molecule has 92 valence electrons. The fourth-order valence-electron chi connectivity index (χ4n) is 2.22. The number of carbonyl (C=O) groups excluding carboxylic acids is 1. The van der Waals surface area contributed by atoms with Gasteiger partial charge in [-0.15, -0.1) is 11.8 Å². The highest BCUT2D eigenvalue weighted by Gasteiger charge is 2.13. The summed E-state index contributed by atoms with van der Waals surface area (Å²) in [7, 11) is 0. The SMILES string of the molecule is CC(CC(=O)NN)Sc1ccc2c(c1)CCC2. The number of fused-ring (bicyclic) bond motifs is 1. The molecule has 0 aromatic heterocycles. The van der Waals surface area contributed by atoms with E-state index in [2.05, 4.69) is 23.6 Å². The van der Waals surface area contributed by atoms with Crippen molar-refractivity contribution < 1.29 is 4.79 Å². The highest BCUT2D eigenvalue weighted by atomic mass is 32.2. The molecule has 4 heteroatoms. The summed E-state index contributed by atoms with van der Waals surface area (Å²) < 4.78 is 0. The Balaban J connectivity index is 1.97. The van der Waals surface area contributed by atoms with Gasteiger partial charge in [-0.25, -0.2) is 5.84 Å². The number of hydrogen-bond acceptors (Lipinski definition) is 3. The molecule has 3 N–H and O–H groups in total. The minimum atomic E-state index is -0.105. The van der Waals surface area contributed by atoms with Crippen molar-refractivity contribution in [2.75, 3.05) is 0 Å². The molecule has 0 bridgehead atoms. The molecular formula is C13H18N2OS. The third kappa shape index (κ3) is 3.23. The van der Waals surface area contributed by atoms with Gasteiger partial charge in [0, 0.05) is 16.6 Å². The van der Waals surface area contributed by atoms with Gasteiger partial charge < -0.3 is 0 Å². The summed E-state index contributed by atoms with van der Waals surface area (Å²) in [5.41, 5.74) is 5.14. The average molecular weight is 250 g/mol. The van der Waals surface area contributed by atoms with Crippen LogP contribution in [-0.4, -0.2) is 11.2 Å². The molecule has 0 heterocycles. The van der Waals surface area contributed by atoms with Crippen LogP contribution >= 0.6 is 11.8 Å². The van der Waals surface area contributed by atoms with Gasteiger partial charge in [0.25, 0.3) is 0 Å². The lowest BCUT2D eigenvalue weighted by Crippen LogP contribution is -2.31. The van der Waals surface area contributed by atoms with E-state index in [9.17, 15) is 4.79 Å². The number of aryl methyl sites for hydroxylation is 2. The van der Waals surface area contributed by atoms with Crippen molar-refractivity contribution in [3.8, 4) is 0 Å². The topological polar surface area (TPSA) is 55.1 Å². The van der Waals surface area contributed by atoms with Crippen molar-refractivity contribution in [1.82, 2.24) is 5.43 Å². The van der Waals surface area contributed by atoms with Crippen molar-refractivity contribution >= 4 is 17.7 Å². The van der Waals surface area contributed by atoms with Gasteiger partial charge in [-0.2, -0.15) is 0 Å². The Kier molecular flexibility index (Phi) is 4.07. The van der Waals surface area contributed by atoms with Crippen LogP contribution in [0.5, 0.6) is 0 Å². The van der Waals surface area contributed by atoms with E-state index in [-0.39, 0.29) is 11.2 Å². The van der Waals surface area contributed by atoms with E-state index in [0.717, 1.165) is 0 Å². The Morgan fingerprint density at radius 1 is 1.47 bits per heavy atom. The fraction of sp³-hybridized carbons (Fsp3) is 0.462. The summed E-state index contributed by atoms with van der Waals surface area (Å²) in [6, 6.07) is 6.65. The average Bonchev–Trinajstić information content (AvgIpc) is 2.75. The first-order valence-electron chi connectivity index (χ1n) is 5.97. The van der Waals surface area contributed by atoms with Gasteiger partial charge in [0.05, 0.1) is 0 Å². The molecule has 1 amide bonds. The molecule has 0 radical (unpaired) electrons. The van der Waals surface area contributed by atoms with Gasteiger partial charge >= 0.3 is 0 Å². The smallest absolute Gasteiger partial charge is 0.234 e. The third-order valence-electron chi connectivity index (χ3n) is 3.04. The third-order valence-corrected chi connectivity index (χ3v) is 4.14. The summed E-state index contributed by atoms with van der Waals surface area (Å²) >= 11 is 1.74. The molecule has 3 nitrogen and oxygen atoms in total. The summed E-state index contributed by atoms with van der Waals surface area (Å²) in [6.45, 7) is 2.05. The van der Waals surface area contributed by atoms with E-state index in [1.807, 2.05) is 6.92 Å². The van der Waals surface area contributed by atoms with E-state index in [1.165, 1.54) is 35.3 Å². The standard InChI is InChI=1S/C13H18N2OS/c1-9(7-13(16)15-14)17-12-6-5-10-3-2-4-11(10)8-12/h5-6,8-9H,2-4,7,14H2,1H3,(H,15,16). The second-order valence-corrected chi connectivity index (χ2v) is 6.00. The number of thioether (sulfide) groups is 1. The molecule has 1 aliphatic carbocycles. The predicted molar refractivity (Wildman–Crippen MR) is 70.7 cm³/mol. The van der Waals surface area contributed by atoms with Gasteiger partial charge in [0.1, 0.15) is 0 Å². The molecule has 1 aromatic carbocycles. The zero-order chi connectivity index (χ0) is 12.3. The monoisotopic (exact) mass is 250 g/mol. The Morgan fingerprint density at radius 3 is 3.00 bits per heavy atom. The molecule has 1 unspecified atom stereocenters. The minimum absolute atomic E-state index is 0.105. The zero-order valence-corrected chi connectivity index (χ0v) is 10.8. The zero-order valence-electron chi connectivity index (χ0n) is 10.0. The van der Waals surface area contributed by atoms with Crippen LogP contribution in [0.2, 0.25) is 0 Å². The van der Waals surface area contributed by atoms with Gasteiger partial charge in [-0.1, -0.05) is 13.0 Å². The lowest BCUT2D eigenvalue weighted by atomic mass is 10.1. The van der Waals surface area contributed by atoms with Crippen molar-refractivity contribution in [3.63, 3.8) is 0 Å². The molecule has 1 atom stereocenters. The summed E-state index contributed by atoms with van der Waals surface area (Å²) in [5.74, 6) is 4.97. The molecule has 0 saturated heterocycles. The van der Waals surface area contributed by atoms with Crippen molar-refractivity contribution in [2.24, 2.45) is 5.84 Å². The van der Waals surface area contributed by atoms with Crippen LogP contribution in [0.4, 0.5) is 0 Å². The first kappa shape index (κ1) is 12.5. The highest BCUT2D eigenvalue weighted by Crippen LogP contribution is 2.30. The minimum Gasteiger partial charge on any atom is -0.294 e. The lowest BCUT2D eigenvalue weighted by molar-refractivity contribution is -0.121. The fourth-order valence-corrected chi connectivity index (χ4v) is 3.27. The summed E-state index contributed by atoms with van der Waals surface area (Å²) in [4.78, 5) is 12.4. The number of carbonyl (C=O) groups is 1. The van der Waals surface area contributed by atoms with Crippen molar-refractivity contribution in [2.45, 2.75) is 42.8 Å². The lowest BCUT2D eigenvalue weighted by Gasteiger charge is -2.11. The van der Waals surface area contributed by atoms with E-state index >= 15 is 0 Å². The number of nitrogens with two attached hydrogens (primary N) is 1. The summed E-state index contributed by atoms with van der Waals surface area (Å²) in [5, 5.41) is 0.248. The number of hydrazine groups is 1. The summed E-state index contributed by atoms with van der Waals surface area (Å²) in [6.07, 6.45) is 4.14. The van der Waals surface area contributed by atoms with E-state index in [0.29, 0.717) is 6.42 Å². The van der Waals surface area contributed by atoms with Crippen LogP contribution in [0.15, 0.2) is 23.1 Å². The first-order valence-corrected chi connectivity index (χ1v) is 6.85. The van der Waals surface area contributed by atoms with Crippen LogP contribution in [0, 0.1) is 0 Å². The highest BCUT2D eigenvalue weighted by molar-refractivity contribution is 8.00. The number of benzene rings is 1. The Hall–Kier alpha value is -1.00. The number of amides is 1. The molecule has 2 rings (SSSR count). The van der Waals surface area contributed by atoms with Crippen LogP contribution in [0.25, 0.3) is 0 Å². The van der Waals surface area contributed by atoms with Gasteiger partial charge in [-0.3, -0.25) is 10.2 Å². The van der Waals surface area contributed by atoms with Gasteiger partial charge in [-0.05, 0) is 42.5 Å². The predicted octanol–water partition coefficient (Wildman–Crippen LogP) is 2.04. The number of nitrogens with one attached hydrogen (secondary N) is 1. The maximum absolute atomic E-state index is 11.2. The van der Waals surface area contributed by atoms with Crippen LogP contribution in [0.1, 0.15) is 30.9 Å². The Labute approximate surface area is 106 Å². The Bertz CT molecular complexity index is 420. The maximum Gasteiger partial charge on any atom is 0.234 e. The molecule has 0 spiro atoms.